The summed E-state index contributed by atoms with van der Waals surface area (Å²) in [6.45, 7) is 2.93. The Hall–Kier alpha value is -2.02. The lowest BCUT2D eigenvalue weighted by Gasteiger charge is -2.17. The van der Waals surface area contributed by atoms with Gasteiger partial charge in [-0.3, -0.25) is 4.79 Å². The number of hydrogen-bond donors (Lipinski definition) is 1. The van der Waals surface area contributed by atoms with Crippen molar-refractivity contribution in [3.63, 3.8) is 0 Å². The SMILES string of the molecule is CCc1c(C(=O)N2CCC(O)C2)cnc2ncnn12. The molecule has 3 heterocycles. The van der Waals surface area contributed by atoms with Crippen molar-refractivity contribution >= 4 is 11.7 Å². The van der Waals surface area contributed by atoms with Crippen molar-refractivity contribution in [1.82, 2.24) is 24.5 Å². The molecule has 7 heteroatoms. The van der Waals surface area contributed by atoms with Crippen LogP contribution in [0.1, 0.15) is 29.4 Å². The van der Waals surface area contributed by atoms with Crippen LogP contribution in [0.25, 0.3) is 5.78 Å². The van der Waals surface area contributed by atoms with Crippen LogP contribution in [0.3, 0.4) is 0 Å². The molecule has 1 unspecified atom stereocenters. The first-order valence-corrected chi connectivity index (χ1v) is 6.35. The third kappa shape index (κ3) is 1.95. The Bertz CT molecular complexity index is 624. The van der Waals surface area contributed by atoms with Crippen LogP contribution < -0.4 is 0 Å². The van der Waals surface area contributed by atoms with E-state index in [1.807, 2.05) is 6.92 Å². The van der Waals surface area contributed by atoms with Crippen LogP contribution in [0.4, 0.5) is 0 Å². The van der Waals surface area contributed by atoms with Crippen LogP contribution >= 0.6 is 0 Å². The van der Waals surface area contributed by atoms with E-state index in [1.165, 1.54) is 6.33 Å². The molecule has 0 spiro atoms. The van der Waals surface area contributed by atoms with Gasteiger partial charge in [0.25, 0.3) is 11.7 Å². The summed E-state index contributed by atoms with van der Waals surface area (Å²) in [5.41, 5.74) is 1.34. The molecule has 0 aromatic carbocycles. The van der Waals surface area contributed by atoms with Crippen molar-refractivity contribution in [3.8, 4) is 0 Å². The maximum absolute atomic E-state index is 12.5. The maximum atomic E-state index is 12.5. The number of carbonyl (C=O) groups is 1. The molecule has 1 N–H and O–H groups in total. The normalized spacial score (nSPS) is 19.3. The van der Waals surface area contributed by atoms with E-state index in [0.717, 1.165) is 5.69 Å². The Labute approximate surface area is 109 Å². The monoisotopic (exact) mass is 261 g/mol. The second-order valence-corrected chi connectivity index (χ2v) is 4.64. The number of likely N-dealkylation sites (tertiary alicyclic amines) is 1. The summed E-state index contributed by atoms with van der Waals surface area (Å²) < 4.78 is 1.60. The Balaban J connectivity index is 2.02. The van der Waals surface area contributed by atoms with E-state index in [0.29, 0.717) is 37.3 Å². The van der Waals surface area contributed by atoms with E-state index >= 15 is 0 Å². The zero-order valence-electron chi connectivity index (χ0n) is 10.7. The Morgan fingerprint density at radius 1 is 1.53 bits per heavy atom. The van der Waals surface area contributed by atoms with Gasteiger partial charge in [0, 0.05) is 19.3 Å². The number of aliphatic hydroxyl groups is 1. The fraction of sp³-hybridized carbons (Fsp3) is 0.500. The third-order valence-corrected chi connectivity index (χ3v) is 3.42. The van der Waals surface area contributed by atoms with Crippen LogP contribution in [-0.4, -0.2) is 54.7 Å². The van der Waals surface area contributed by atoms with Gasteiger partial charge in [0.15, 0.2) is 0 Å². The zero-order chi connectivity index (χ0) is 13.4. The van der Waals surface area contributed by atoms with Gasteiger partial charge >= 0.3 is 0 Å². The molecule has 19 heavy (non-hydrogen) atoms. The number of aliphatic hydroxyl groups excluding tert-OH is 1. The van der Waals surface area contributed by atoms with Gasteiger partial charge in [0.1, 0.15) is 6.33 Å². The molecule has 1 saturated heterocycles. The van der Waals surface area contributed by atoms with Gasteiger partial charge in [0.05, 0.1) is 17.4 Å². The van der Waals surface area contributed by atoms with Crippen molar-refractivity contribution in [2.24, 2.45) is 0 Å². The van der Waals surface area contributed by atoms with E-state index in [-0.39, 0.29) is 5.91 Å². The molecular formula is C12H15N5O2. The van der Waals surface area contributed by atoms with Crippen LogP contribution in [-0.2, 0) is 6.42 Å². The lowest BCUT2D eigenvalue weighted by atomic mass is 10.1. The maximum Gasteiger partial charge on any atom is 0.257 e. The molecule has 1 fully saturated rings. The van der Waals surface area contributed by atoms with Crippen molar-refractivity contribution in [1.29, 1.82) is 0 Å². The quantitative estimate of drug-likeness (QED) is 0.815. The number of aromatic nitrogens is 4. The predicted octanol–water partition coefficient (Wildman–Crippen LogP) is -0.107. The number of β-amino-alcohol motifs (C(OH)–C–C–N with tert-alkyl or cyclic N) is 1. The van der Waals surface area contributed by atoms with Crippen molar-refractivity contribution in [3.05, 3.63) is 23.8 Å². The van der Waals surface area contributed by atoms with E-state index in [2.05, 4.69) is 15.1 Å². The first-order valence-electron chi connectivity index (χ1n) is 6.35. The Kier molecular flexibility index (Phi) is 2.90. The average Bonchev–Trinajstić information content (AvgIpc) is 3.04. The molecule has 1 aliphatic rings. The molecule has 1 amide bonds. The second-order valence-electron chi connectivity index (χ2n) is 4.64. The minimum atomic E-state index is -0.419. The van der Waals surface area contributed by atoms with E-state index < -0.39 is 6.10 Å². The third-order valence-electron chi connectivity index (χ3n) is 3.42. The van der Waals surface area contributed by atoms with Gasteiger partial charge in [-0.25, -0.2) is 9.50 Å². The van der Waals surface area contributed by atoms with E-state index in [1.54, 1.807) is 15.6 Å². The topological polar surface area (TPSA) is 83.6 Å². The highest BCUT2D eigenvalue weighted by Crippen LogP contribution is 2.16. The highest BCUT2D eigenvalue weighted by Gasteiger charge is 2.27. The molecule has 0 saturated carbocycles. The molecule has 0 radical (unpaired) electrons. The number of carbonyl (C=O) groups excluding carboxylic acids is 1. The minimum absolute atomic E-state index is 0.0988. The van der Waals surface area contributed by atoms with Gasteiger partial charge in [-0.05, 0) is 12.8 Å². The fourth-order valence-corrected chi connectivity index (χ4v) is 2.44. The molecule has 1 atom stereocenters. The lowest BCUT2D eigenvalue weighted by Crippen LogP contribution is -2.31. The molecule has 100 valence electrons. The minimum Gasteiger partial charge on any atom is -0.391 e. The summed E-state index contributed by atoms with van der Waals surface area (Å²) in [6, 6.07) is 0. The highest BCUT2D eigenvalue weighted by atomic mass is 16.3. The number of fused-ring (bicyclic) bond motifs is 1. The summed E-state index contributed by atoms with van der Waals surface area (Å²) in [5, 5.41) is 13.6. The van der Waals surface area contributed by atoms with Crippen molar-refractivity contribution in [2.45, 2.75) is 25.9 Å². The average molecular weight is 261 g/mol. The van der Waals surface area contributed by atoms with E-state index in [9.17, 15) is 9.90 Å². The van der Waals surface area contributed by atoms with Crippen LogP contribution in [0.15, 0.2) is 12.5 Å². The summed E-state index contributed by atoms with van der Waals surface area (Å²) in [7, 11) is 0. The standard InChI is InChI=1S/C12H15N5O2/c1-2-10-9(5-13-12-14-7-15-17(10)12)11(19)16-4-3-8(18)6-16/h5,7-8,18H,2-4,6H2,1H3. The summed E-state index contributed by atoms with van der Waals surface area (Å²) in [4.78, 5) is 22.3. The first-order chi connectivity index (χ1) is 9.20. The van der Waals surface area contributed by atoms with Crippen LogP contribution in [0, 0.1) is 0 Å². The van der Waals surface area contributed by atoms with E-state index in [4.69, 9.17) is 0 Å². The first kappa shape index (κ1) is 12.0. The van der Waals surface area contributed by atoms with Crippen LogP contribution in [0.5, 0.6) is 0 Å². The predicted molar refractivity (Wildman–Crippen MR) is 66.7 cm³/mol. The highest BCUT2D eigenvalue weighted by molar-refractivity contribution is 5.95. The summed E-state index contributed by atoms with van der Waals surface area (Å²) in [6.07, 6.45) is 3.86. The Morgan fingerprint density at radius 2 is 2.37 bits per heavy atom. The second kappa shape index (κ2) is 4.58. The molecule has 1 aliphatic heterocycles. The Morgan fingerprint density at radius 3 is 3.05 bits per heavy atom. The smallest absolute Gasteiger partial charge is 0.257 e. The number of nitrogens with zero attached hydrogens (tertiary/aromatic N) is 5. The molecule has 0 aliphatic carbocycles. The zero-order valence-corrected chi connectivity index (χ0v) is 10.7. The van der Waals surface area contributed by atoms with Crippen molar-refractivity contribution in [2.75, 3.05) is 13.1 Å². The number of aryl methyl sites for hydroxylation is 1. The van der Waals surface area contributed by atoms with Gasteiger partial charge in [-0.2, -0.15) is 10.1 Å². The van der Waals surface area contributed by atoms with Gasteiger partial charge < -0.3 is 10.0 Å². The lowest BCUT2D eigenvalue weighted by molar-refractivity contribution is 0.0762. The number of rotatable bonds is 2. The molecule has 7 nitrogen and oxygen atoms in total. The summed E-state index contributed by atoms with van der Waals surface area (Å²) in [5.74, 6) is 0.396. The fourth-order valence-electron chi connectivity index (χ4n) is 2.44. The molecule has 2 aromatic heterocycles. The van der Waals surface area contributed by atoms with Crippen molar-refractivity contribution < 1.29 is 9.90 Å². The molecule has 0 bridgehead atoms. The molecular weight excluding hydrogens is 246 g/mol. The van der Waals surface area contributed by atoms with Gasteiger partial charge in [-0.15, -0.1) is 0 Å². The molecule has 2 aromatic rings. The number of amides is 1. The van der Waals surface area contributed by atoms with Gasteiger partial charge in [-0.1, -0.05) is 6.92 Å². The summed E-state index contributed by atoms with van der Waals surface area (Å²) >= 11 is 0. The molecule has 3 rings (SSSR count). The van der Waals surface area contributed by atoms with Gasteiger partial charge in [0.2, 0.25) is 0 Å². The number of hydrogen-bond acceptors (Lipinski definition) is 5. The largest absolute Gasteiger partial charge is 0.391 e. The van der Waals surface area contributed by atoms with Crippen LogP contribution in [0.2, 0.25) is 0 Å².